The second-order valence-electron chi connectivity index (χ2n) is 9.89. The van der Waals surface area contributed by atoms with Gasteiger partial charge in [0.1, 0.15) is 5.75 Å². The monoisotopic (exact) mass is 430 g/mol. The van der Waals surface area contributed by atoms with Crippen molar-refractivity contribution in [1.29, 1.82) is 0 Å². The van der Waals surface area contributed by atoms with Gasteiger partial charge in [-0.3, -0.25) is 4.98 Å². The third-order valence-electron chi connectivity index (χ3n) is 6.87. The van der Waals surface area contributed by atoms with Crippen LogP contribution in [0, 0.1) is 0 Å². The van der Waals surface area contributed by atoms with Crippen molar-refractivity contribution in [3.05, 3.63) is 71.4 Å². The average Bonchev–Trinajstić information content (AvgIpc) is 2.81. The van der Waals surface area contributed by atoms with Crippen molar-refractivity contribution in [2.75, 3.05) is 26.2 Å². The lowest BCUT2D eigenvalue weighted by Gasteiger charge is -2.32. The zero-order chi connectivity index (χ0) is 22.5. The van der Waals surface area contributed by atoms with E-state index in [2.05, 4.69) is 92.3 Å². The van der Waals surface area contributed by atoms with E-state index in [1.807, 2.05) is 0 Å². The van der Waals surface area contributed by atoms with Crippen LogP contribution in [-0.4, -0.2) is 36.1 Å². The Labute approximate surface area is 193 Å². The van der Waals surface area contributed by atoms with Crippen LogP contribution in [0.15, 0.2) is 54.7 Å². The summed E-state index contributed by atoms with van der Waals surface area (Å²) in [4.78, 5) is 7.27. The minimum Gasteiger partial charge on any atom is -0.493 e. The second-order valence-corrected chi connectivity index (χ2v) is 9.89. The van der Waals surface area contributed by atoms with Crippen molar-refractivity contribution < 1.29 is 4.74 Å². The van der Waals surface area contributed by atoms with E-state index in [-0.39, 0.29) is 0 Å². The summed E-state index contributed by atoms with van der Waals surface area (Å²) in [5.41, 5.74) is 5.22. The van der Waals surface area contributed by atoms with E-state index in [1.54, 1.807) is 0 Å². The van der Waals surface area contributed by atoms with E-state index in [0.717, 1.165) is 43.9 Å². The lowest BCUT2D eigenvalue weighted by atomic mass is 9.90. The number of hydrogen-bond donors (Lipinski definition) is 0. The molecule has 4 rings (SSSR count). The largest absolute Gasteiger partial charge is 0.493 e. The molecule has 0 aliphatic carbocycles. The molecule has 1 aliphatic rings. The Morgan fingerprint density at radius 1 is 0.969 bits per heavy atom. The van der Waals surface area contributed by atoms with Crippen LogP contribution in [0.25, 0.3) is 10.9 Å². The number of pyridine rings is 1. The highest BCUT2D eigenvalue weighted by molar-refractivity contribution is 5.78. The molecule has 1 fully saturated rings. The summed E-state index contributed by atoms with van der Waals surface area (Å²) in [5, 5.41) is 1.26. The van der Waals surface area contributed by atoms with Gasteiger partial charge in [-0.05, 0) is 85.0 Å². The highest BCUT2D eigenvalue weighted by Gasteiger charge is 2.21. The van der Waals surface area contributed by atoms with Gasteiger partial charge < -0.3 is 9.64 Å². The maximum atomic E-state index is 6.22. The lowest BCUT2D eigenvalue weighted by Crippen LogP contribution is -2.34. The first kappa shape index (κ1) is 22.8. The van der Waals surface area contributed by atoms with Crippen molar-refractivity contribution in [1.82, 2.24) is 9.88 Å². The molecule has 0 saturated carbocycles. The molecule has 170 valence electrons. The van der Waals surface area contributed by atoms with E-state index in [1.165, 1.54) is 34.9 Å². The minimum absolute atomic E-state index is 0.479. The molecule has 0 radical (unpaired) electrons. The Kier molecular flexibility index (Phi) is 7.47. The molecule has 1 saturated heterocycles. The zero-order valence-corrected chi connectivity index (χ0v) is 20.2. The van der Waals surface area contributed by atoms with Gasteiger partial charge in [-0.25, -0.2) is 0 Å². The molecule has 0 bridgehead atoms. The van der Waals surface area contributed by atoms with Crippen LogP contribution < -0.4 is 4.74 Å². The summed E-state index contributed by atoms with van der Waals surface area (Å²) in [7, 11) is 0. The Morgan fingerprint density at radius 2 is 1.75 bits per heavy atom. The molecule has 32 heavy (non-hydrogen) atoms. The summed E-state index contributed by atoms with van der Waals surface area (Å²) in [6.45, 7) is 13.2. The van der Waals surface area contributed by atoms with E-state index in [4.69, 9.17) is 4.74 Å². The van der Waals surface area contributed by atoms with Gasteiger partial charge in [-0.1, -0.05) is 58.0 Å². The minimum atomic E-state index is 0.479. The SMILES string of the molecule is CC(C)c1ccc(OCCCN2CCC(c3cnc4ccccc4c3)CC2)c(C(C)C)c1. The number of likely N-dealkylation sites (tertiary alicyclic amines) is 1. The number of nitrogens with zero attached hydrogens (tertiary/aromatic N) is 2. The van der Waals surface area contributed by atoms with Gasteiger partial charge in [0.2, 0.25) is 0 Å². The van der Waals surface area contributed by atoms with Crippen molar-refractivity contribution in [2.45, 2.75) is 64.7 Å². The Balaban J connectivity index is 1.24. The Morgan fingerprint density at radius 3 is 2.50 bits per heavy atom. The molecular weight excluding hydrogens is 392 g/mol. The molecule has 3 aromatic rings. The van der Waals surface area contributed by atoms with E-state index >= 15 is 0 Å². The van der Waals surface area contributed by atoms with Crippen LogP contribution in [0.1, 0.15) is 81.4 Å². The summed E-state index contributed by atoms with van der Waals surface area (Å²) in [5.74, 6) is 2.72. The van der Waals surface area contributed by atoms with Gasteiger partial charge in [-0.15, -0.1) is 0 Å². The molecule has 0 N–H and O–H groups in total. The number of aromatic nitrogens is 1. The fraction of sp³-hybridized carbons (Fsp3) is 0.483. The molecule has 3 nitrogen and oxygen atoms in total. The second kappa shape index (κ2) is 10.5. The summed E-state index contributed by atoms with van der Waals surface area (Å²) >= 11 is 0. The average molecular weight is 431 g/mol. The molecule has 0 spiro atoms. The molecule has 3 heteroatoms. The fourth-order valence-electron chi connectivity index (χ4n) is 4.78. The first-order chi connectivity index (χ1) is 15.5. The normalized spacial score (nSPS) is 15.7. The highest BCUT2D eigenvalue weighted by atomic mass is 16.5. The van der Waals surface area contributed by atoms with Gasteiger partial charge >= 0.3 is 0 Å². The van der Waals surface area contributed by atoms with E-state index < -0.39 is 0 Å². The van der Waals surface area contributed by atoms with E-state index in [0.29, 0.717) is 17.8 Å². The number of fused-ring (bicyclic) bond motifs is 1. The first-order valence-electron chi connectivity index (χ1n) is 12.3. The quantitative estimate of drug-likeness (QED) is 0.355. The molecule has 1 aromatic heterocycles. The Bertz CT molecular complexity index is 1020. The number of piperidine rings is 1. The topological polar surface area (TPSA) is 25.4 Å². The maximum Gasteiger partial charge on any atom is 0.122 e. The van der Waals surface area contributed by atoms with Crippen LogP contribution in [0.3, 0.4) is 0 Å². The summed E-state index contributed by atoms with van der Waals surface area (Å²) < 4.78 is 6.22. The van der Waals surface area contributed by atoms with E-state index in [9.17, 15) is 0 Å². The third-order valence-corrected chi connectivity index (χ3v) is 6.87. The van der Waals surface area contributed by atoms with Crippen LogP contribution in [0.5, 0.6) is 5.75 Å². The molecular formula is C29H38N2O. The predicted octanol–water partition coefficient (Wildman–Crippen LogP) is 7.13. The van der Waals surface area contributed by atoms with Gasteiger partial charge in [0.15, 0.2) is 0 Å². The van der Waals surface area contributed by atoms with Gasteiger partial charge in [0.05, 0.1) is 12.1 Å². The third kappa shape index (κ3) is 5.50. The van der Waals surface area contributed by atoms with Gasteiger partial charge in [0, 0.05) is 18.1 Å². The van der Waals surface area contributed by atoms with Gasteiger partial charge in [0.25, 0.3) is 0 Å². The summed E-state index contributed by atoms with van der Waals surface area (Å²) in [6, 6.07) is 17.5. The number of rotatable bonds is 8. The molecule has 0 atom stereocenters. The van der Waals surface area contributed by atoms with Crippen LogP contribution in [0.2, 0.25) is 0 Å². The molecule has 0 unspecified atom stereocenters. The molecule has 2 heterocycles. The summed E-state index contributed by atoms with van der Waals surface area (Å²) in [6.07, 6.45) is 5.60. The number of para-hydroxylation sites is 1. The van der Waals surface area contributed by atoms with Crippen LogP contribution in [-0.2, 0) is 0 Å². The zero-order valence-electron chi connectivity index (χ0n) is 20.2. The molecule has 2 aromatic carbocycles. The van der Waals surface area contributed by atoms with Crippen molar-refractivity contribution in [3.8, 4) is 5.75 Å². The van der Waals surface area contributed by atoms with Crippen molar-refractivity contribution in [3.63, 3.8) is 0 Å². The predicted molar refractivity (Wildman–Crippen MR) is 135 cm³/mol. The van der Waals surface area contributed by atoms with Crippen LogP contribution >= 0.6 is 0 Å². The number of ether oxygens (including phenoxy) is 1. The first-order valence-corrected chi connectivity index (χ1v) is 12.3. The lowest BCUT2D eigenvalue weighted by molar-refractivity contribution is 0.192. The molecule has 1 aliphatic heterocycles. The standard InChI is InChI=1S/C29H38N2O/c1-21(2)24-10-11-29(27(19-24)22(3)4)32-17-7-14-31-15-12-23(13-16-31)26-18-25-8-5-6-9-28(25)30-20-26/h5-6,8-11,18-23H,7,12-17H2,1-4H3. The Hall–Kier alpha value is -2.39. The maximum absolute atomic E-state index is 6.22. The highest BCUT2D eigenvalue weighted by Crippen LogP contribution is 2.31. The smallest absolute Gasteiger partial charge is 0.122 e. The molecule has 0 amide bonds. The van der Waals surface area contributed by atoms with Crippen molar-refractivity contribution in [2.24, 2.45) is 0 Å². The van der Waals surface area contributed by atoms with Crippen LogP contribution in [0.4, 0.5) is 0 Å². The number of benzene rings is 2. The number of hydrogen-bond acceptors (Lipinski definition) is 3. The fourth-order valence-corrected chi connectivity index (χ4v) is 4.78. The van der Waals surface area contributed by atoms with Gasteiger partial charge in [-0.2, -0.15) is 0 Å². The van der Waals surface area contributed by atoms with Crippen molar-refractivity contribution >= 4 is 10.9 Å².